The third-order valence-corrected chi connectivity index (χ3v) is 4.63. The second kappa shape index (κ2) is 5.51. The summed E-state index contributed by atoms with van der Waals surface area (Å²) in [6.45, 7) is -0.325. The molecule has 0 amide bonds. The molecule has 1 saturated heterocycles. The summed E-state index contributed by atoms with van der Waals surface area (Å²) in [4.78, 5) is 37.8. The van der Waals surface area contributed by atoms with Crippen molar-refractivity contribution in [1.29, 1.82) is 0 Å². The Hall–Kier alpha value is -2.49. The number of nitrogens with zero attached hydrogens (tertiary/aromatic N) is 3. The summed E-state index contributed by atoms with van der Waals surface area (Å²) in [6, 6.07) is -1.95. The van der Waals surface area contributed by atoms with Crippen LogP contribution in [-0.2, 0) is 29.0 Å². The fourth-order valence-corrected chi connectivity index (χ4v) is 3.74. The molecule has 14 nitrogen and oxygen atoms in total. The smallest absolute Gasteiger partial charge is 0.373 e. The average Bonchev–Trinajstić information content (AvgIpc) is 2.98. The number of nitrogens with two attached hydrogens (primary N) is 3. The average molecular weight is 377 g/mol. The zero-order chi connectivity index (χ0) is 18.6. The lowest BCUT2D eigenvalue weighted by molar-refractivity contribution is -0.145. The van der Waals surface area contributed by atoms with E-state index in [4.69, 9.17) is 21.9 Å². The van der Waals surface area contributed by atoms with Gasteiger partial charge in [0.05, 0.1) is 19.0 Å². The van der Waals surface area contributed by atoms with E-state index in [1.165, 1.54) is 4.90 Å². The van der Waals surface area contributed by atoms with Crippen molar-refractivity contribution in [3.05, 3.63) is 0 Å². The Labute approximate surface area is 140 Å². The fourth-order valence-electron chi connectivity index (χ4n) is 3.30. The third kappa shape index (κ3) is 2.66. The highest BCUT2D eigenvalue weighted by molar-refractivity contribution is 7.80. The summed E-state index contributed by atoms with van der Waals surface area (Å²) in [5, 5.41) is 2.65. The molecule has 0 aromatic carbocycles. The first-order valence-electron chi connectivity index (χ1n) is 6.90. The molecule has 0 aromatic rings. The Bertz CT molecular complexity index is 795. The van der Waals surface area contributed by atoms with Gasteiger partial charge < -0.3 is 26.5 Å². The second-order valence-electron chi connectivity index (χ2n) is 5.59. The SMILES string of the molecule is NOC(=O)C[C@@H]1N=C(N)N2C[C@H](OS(=O)(=O)O)C(=O)C23NC(N)=NC13. The van der Waals surface area contributed by atoms with Gasteiger partial charge in [-0.1, -0.05) is 0 Å². The van der Waals surface area contributed by atoms with Crippen molar-refractivity contribution in [1.82, 2.24) is 10.2 Å². The number of carbonyl (C=O) groups is 2. The van der Waals surface area contributed by atoms with E-state index < -0.39 is 46.0 Å². The molecule has 2 unspecified atom stereocenters. The summed E-state index contributed by atoms with van der Waals surface area (Å²) in [7, 11) is -4.90. The molecular weight excluding hydrogens is 362 g/mol. The number of guanidine groups is 2. The van der Waals surface area contributed by atoms with Gasteiger partial charge in [-0.05, 0) is 0 Å². The van der Waals surface area contributed by atoms with Crippen LogP contribution in [0.5, 0.6) is 0 Å². The van der Waals surface area contributed by atoms with Crippen molar-refractivity contribution in [2.45, 2.75) is 30.3 Å². The van der Waals surface area contributed by atoms with Crippen molar-refractivity contribution in [2.75, 3.05) is 6.54 Å². The molecule has 3 aliphatic rings. The van der Waals surface area contributed by atoms with Gasteiger partial charge in [-0.25, -0.2) is 14.2 Å². The van der Waals surface area contributed by atoms with Crippen molar-refractivity contribution in [3.8, 4) is 0 Å². The van der Waals surface area contributed by atoms with Gasteiger partial charge in [-0.15, -0.1) is 0 Å². The van der Waals surface area contributed by atoms with Crippen LogP contribution < -0.4 is 22.7 Å². The van der Waals surface area contributed by atoms with Crippen LogP contribution in [0.2, 0.25) is 0 Å². The van der Waals surface area contributed by atoms with Gasteiger partial charge in [0.2, 0.25) is 11.4 Å². The minimum atomic E-state index is -4.90. The van der Waals surface area contributed by atoms with Crippen molar-refractivity contribution < 1.29 is 31.6 Å². The Kier molecular flexibility index (Phi) is 3.82. The topological polar surface area (TPSA) is 225 Å². The molecule has 0 saturated carbocycles. The molecule has 0 aliphatic carbocycles. The van der Waals surface area contributed by atoms with Gasteiger partial charge in [-0.3, -0.25) is 14.1 Å². The zero-order valence-corrected chi connectivity index (χ0v) is 13.3. The molecule has 1 spiro atoms. The first kappa shape index (κ1) is 17.3. The Morgan fingerprint density at radius 3 is 2.72 bits per heavy atom. The van der Waals surface area contributed by atoms with Crippen LogP contribution in [0.1, 0.15) is 6.42 Å². The first-order valence-corrected chi connectivity index (χ1v) is 8.27. The predicted octanol–water partition coefficient (Wildman–Crippen LogP) is -4.45. The largest absolute Gasteiger partial charge is 0.398 e. The molecule has 4 atom stereocenters. The maximum absolute atomic E-state index is 12.8. The van der Waals surface area contributed by atoms with E-state index in [-0.39, 0.29) is 24.9 Å². The Balaban J connectivity index is 2.01. The van der Waals surface area contributed by atoms with Crippen LogP contribution in [0.15, 0.2) is 9.98 Å². The van der Waals surface area contributed by atoms with Crippen LogP contribution in [-0.4, -0.2) is 71.9 Å². The molecule has 138 valence electrons. The quantitative estimate of drug-likeness (QED) is 0.231. The lowest BCUT2D eigenvalue weighted by Crippen LogP contribution is -2.71. The van der Waals surface area contributed by atoms with Crippen LogP contribution >= 0.6 is 0 Å². The third-order valence-electron chi connectivity index (χ3n) is 4.15. The van der Waals surface area contributed by atoms with Gasteiger partial charge in [0.1, 0.15) is 6.04 Å². The zero-order valence-electron chi connectivity index (χ0n) is 12.5. The molecule has 1 fully saturated rings. The highest BCUT2D eigenvalue weighted by atomic mass is 32.3. The van der Waals surface area contributed by atoms with E-state index in [0.717, 1.165) is 0 Å². The molecular formula is C10H15N7O7S. The number of ketones is 1. The van der Waals surface area contributed by atoms with Gasteiger partial charge in [-0.2, -0.15) is 14.3 Å². The van der Waals surface area contributed by atoms with Gasteiger partial charge >= 0.3 is 16.4 Å². The number of hydrogen-bond acceptors (Lipinski definition) is 13. The number of Topliss-reactive ketones (excluding diaryl/α,β-unsaturated/α-hetero) is 1. The van der Waals surface area contributed by atoms with Crippen LogP contribution in [0.25, 0.3) is 0 Å². The first-order chi connectivity index (χ1) is 11.6. The normalized spacial score (nSPS) is 33.9. The predicted molar refractivity (Wildman–Crippen MR) is 79.7 cm³/mol. The van der Waals surface area contributed by atoms with Gasteiger partial charge in [0.15, 0.2) is 18.0 Å². The lowest BCUT2D eigenvalue weighted by atomic mass is 9.88. The van der Waals surface area contributed by atoms with E-state index in [9.17, 15) is 18.0 Å². The molecule has 3 rings (SSSR count). The number of rotatable bonds is 4. The fraction of sp³-hybridized carbons (Fsp3) is 0.600. The summed E-state index contributed by atoms with van der Waals surface area (Å²) in [5.41, 5.74) is 9.83. The van der Waals surface area contributed by atoms with Gasteiger partial charge in [0.25, 0.3) is 0 Å². The molecule has 0 aromatic heterocycles. The monoisotopic (exact) mass is 377 g/mol. The summed E-state index contributed by atoms with van der Waals surface area (Å²) < 4.78 is 35.2. The number of nitrogens with one attached hydrogen (secondary N) is 1. The van der Waals surface area contributed by atoms with Crippen molar-refractivity contribution in [2.24, 2.45) is 27.3 Å². The molecule has 8 N–H and O–H groups in total. The second-order valence-corrected chi connectivity index (χ2v) is 6.63. The summed E-state index contributed by atoms with van der Waals surface area (Å²) >= 11 is 0. The Morgan fingerprint density at radius 2 is 2.12 bits per heavy atom. The minimum Gasteiger partial charge on any atom is -0.373 e. The van der Waals surface area contributed by atoms with Crippen molar-refractivity contribution in [3.63, 3.8) is 0 Å². The maximum Gasteiger partial charge on any atom is 0.398 e. The molecule has 0 bridgehead atoms. The van der Waals surface area contributed by atoms with E-state index in [1.807, 2.05) is 0 Å². The minimum absolute atomic E-state index is 0.133. The van der Waals surface area contributed by atoms with E-state index >= 15 is 0 Å². The lowest BCUT2D eigenvalue weighted by Gasteiger charge is -2.43. The van der Waals surface area contributed by atoms with Crippen LogP contribution in [0.3, 0.4) is 0 Å². The number of carbonyl (C=O) groups excluding carboxylic acids is 2. The summed E-state index contributed by atoms with van der Waals surface area (Å²) in [6.07, 6.45) is -1.91. The van der Waals surface area contributed by atoms with E-state index in [2.05, 4.69) is 24.3 Å². The summed E-state index contributed by atoms with van der Waals surface area (Å²) in [5.74, 6) is 2.91. The molecule has 3 heterocycles. The van der Waals surface area contributed by atoms with Gasteiger partial charge in [0, 0.05) is 0 Å². The number of hydrogen-bond donors (Lipinski definition) is 5. The molecule has 15 heteroatoms. The van der Waals surface area contributed by atoms with Crippen LogP contribution in [0, 0.1) is 0 Å². The van der Waals surface area contributed by atoms with Crippen molar-refractivity contribution >= 4 is 34.1 Å². The maximum atomic E-state index is 12.8. The highest BCUT2D eigenvalue weighted by Crippen LogP contribution is 2.39. The number of aliphatic imine (C=N–C) groups is 2. The molecule has 0 radical (unpaired) electrons. The highest BCUT2D eigenvalue weighted by Gasteiger charge is 2.66. The molecule has 3 aliphatic heterocycles. The van der Waals surface area contributed by atoms with E-state index in [1.54, 1.807) is 0 Å². The van der Waals surface area contributed by atoms with Crippen LogP contribution in [0.4, 0.5) is 0 Å². The standard InChI is InChI=1S/C10H15N7O7S/c11-8-15-6-3(1-5(18)23-13)14-9(12)17-2-4(24-25(20,21)22)7(19)10(6,17)16-8/h3-4,6H,1-2,13H2,(H2,12,14)(H3,11,15,16)(H,20,21,22)/t3-,4-,6?,10?/m0/s1. The Morgan fingerprint density at radius 1 is 1.44 bits per heavy atom. The molecule has 25 heavy (non-hydrogen) atoms. The van der Waals surface area contributed by atoms with E-state index in [0.29, 0.717) is 0 Å².